The fourth-order valence-corrected chi connectivity index (χ4v) is 2.64. The number of para-hydroxylation sites is 2. The SMILES string of the molecule is C=COCCc1ccc(O)c(-n2n3c4ccccc4n23)c1. The number of hydrogen-bond acceptors (Lipinski definition) is 2. The molecule has 0 bridgehead atoms. The van der Waals surface area contributed by atoms with Crippen LogP contribution in [0.3, 0.4) is 0 Å². The number of fused-ring (bicyclic) bond motifs is 4. The lowest BCUT2D eigenvalue weighted by atomic mass is 10.1. The van der Waals surface area contributed by atoms with E-state index in [-0.39, 0.29) is 5.75 Å². The van der Waals surface area contributed by atoms with Crippen LogP contribution in [0.5, 0.6) is 5.75 Å². The molecule has 4 aromatic rings. The van der Waals surface area contributed by atoms with Crippen molar-refractivity contribution >= 4 is 11.0 Å². The molecule has 0 amide bonds. The third-order valence-corrected chi connectivity index (χ3v) is 3.70. The van der Waals surface area contributed by atoms with Crippen molar-refractivity contribution in [1.29, 1.82) is 0 Å². The lowest BCUT2D eigenvalue weighted by Gasteiger charge is -2.04. The molecule has 0 fully saturated rings. The molecule has 0 aliphatic heterocycles. The predicted molar refractivity (Wildman–Crippen MR) is 80.4 cm³/mol. The Kier molecular flexibility index (Phi) is 2.47. The van der Waals surface area contributed by atoms with Crippen LogP contribution in [0, 0.1) is 0 Å². The van der Waals surface area contributed by atoms with E-state index < -0.39 is 0 Å². The van der Waals surface area contributed by atoms with Gasteiger partial charge in [0.2, 0.25) is 0 Å². The molecule has 0 radical (unpaired) electrons. The molecule has 4 rings (SSSR count). The van der Waals surface area contributed by atoms with Gasteiger partial charge in [0.1, 0.15) is 22.5 Å². The van der Waals surface area contributed by atoms with Crippen molar-refractivity contribution < 1.29 is 9.84 Å². The first-order chi connectivity index (χ1) is 10.3. The van der Waals surface area contributed by atoms with Gasteiger partial charge in [-0.15, -0.1) is 14.1 Å². The Morgan fingerprint density at radius 3 is 2.48 bits per heavy atom. The summed E-state index contributed by atoms with van der Waals surface area (Å²) in [7, 11) is 0. The number of ether oxygens (including phenoxy) is 1. The third-order valence-electron chi connectivity index (χ3n) is 3.70. The molecule has 0 spiro atoms. The van der Waals surface area contributed by atoms with Crippen molar-refractivity contribution in [2.45, 2.75) is 6.42 Å². The first kappa shape index (κ1) is 12.0. The Bertz CT molecular complexity index is 871. The van der Waals surface area contributed by atoms with Gasteiger partial charge in [-0.3, -0.25) is 0 Å². The van der Waals surface area contributed by atoms with Gasteiger partial charge in [-0.05, 0) is 29.8 Å². The van der Waals surface area contributed by atoms with Crippen LogP contribution in [0.25, 0.3) is 16.7 Å². The fourth-order valence-electron chi connectivity index (χ4n) is 2.64. The normalized spacial score (nSPS) is 11.6. The molecular weight excluding hydrogens is 266 g/mol. The van der Waals surface area contributed by atoms with Crippen LogP contribution < -0.4 is 0 Å². The molecule has 0 unspecified atom stereocenters. The zero-order valence-corrected chi connectivity index (χ0v) is 11.4. The molecule has 21 heavy (non-hydrogen) atoms. The Morgan fingerprint density at radius 1 is 1.10 bits per heavy atom. The molecule has 0 atom stereocenters. The molecule has 0 saturated heterocycles. The van der Waals surface area contributed by atoms with Crippen molar-refractivity contribution in [3.63, 3.8) is 0 Å². The van der Waals surface area contributed by atoms with Crippen molar-refractivity contribution in [1.82, 2.24) is 14.1 Å². The van der Waals surface area contributed by atoms with Crippen LogP contribution in [0.15, 0.2) is 55.3 Å². The van der Waals surface area contributed by atoms with Gasteiger partial charge in [-0.2, -0.15) is 0 Å². The van der Waals surface area contributed by atoms with Crippen molar-refractivity contribution in [2.24, 2.45) is 0 Å². The summed E-state index contributed by atoms with van der Waals surface area (Å²) in [6.07, 6.45) is 2.22. The second kappa shape index (κ2) is 4.34. The topological polar surface area (TPSA) is 43.2 Å². The molecule has 2 aromatic carbocycles. The summed E-state index contributed by atoms with van der Waals surface area (Å²) in [5.74, 6) is 0.267. The van der Waals surface area contributed by atoms with Crippen molar-refractivity contribution in [3.05, 3.63) is 60.9 Å². The average Bonchev–Trinajstić information content (AvgIpc) is 3.15. The molecule has 5 heteroatoms. The van der Waals surface area contributed by atoms with Gasteiger partial charge < -0.3 is 9.84 Å². The van der Waals surface area contributed by atoms with Crippen LogP contribution in [0.1, 0.15) is 5.56 Å². The van der Waals surface area contributed by atoms with Gasteiger partial charge in [-0.1, -0.05) is 24.8 Å². The minimum Gasteiger partial charge on any atom is -0.506 e. The predicted octanol–water partition coefficient (Wildman–Crippen LogP) is 2.83. The zero-order chi connectivity index (χ0) is 14.4. The lowest BCUT2D eigenvalue weighted by Crippen LogP contribution is -1.96. The summed E-state index contributed by atoms with van der Waals surface area (Å²) in [4.78, 5) is 1.96. The second-order valence-electron chi connectivity index (χ2n) is 4.97. The van der Waals surface area contributed by atoms with E-state index in [4.69, 9.17) is 4.74 Å². The van der Waals surface area contributed by atoms with Crippen LogP contribution in [-0.4, -0.2) is 25.8 Å². The lowest BCUT2D eigenvalue weighted by molar-refractivity contribution is 0.255. The third kappa shape index (κ3) is 1.71. The number of rotatable bonds is 5. The first-order valence-corrected chi connectivity index (χ1v) is 6.85. The maximum Gasteiger partial charge on any atom is 0.143 e. The highest BCUT2D eigenvalue weighted by atomic mass is 16.5. The van der Waals surface area contributed by atoms with E-state index >= 15 is 0 Å². The van der Waals surface area contributed by atoms with Gasteiger partial charge in [-0.25, -0.2) is 0 Å². The number of nitrogens with zero attached hydrogens (tertiary/aromatic N) is 3. The van der Waals surface area contributed by atoms with E-state index in [1.165, 1.54) is 6.26 Å². The number of phenolic OH excluding ortho intramolecular Hbond substituents is 1. The highest BCUT2D eigenvalue weighted by molar-refractivity contribution is 5.79. The van der Waals surface area contributed by atoms with E-state index in [1.807, 2.05) is 38.3 Å². The highest BCUT2D eigenvalue weighted by Gasteiger charge is 2.25. The highest BCUT2D eigenvalue weighted by Crippen LogP contribution is 2.30. The Balaban J connectivity index is 1.72. The van der Waals surface area contributed by atoms with Crippen molar-refractivity contribution in [2.75, 3.05) is 6.61 Å². The van der Waals surface area contributed by atoms with Crippen molar-refractivity contribution in [3.8, 4) is 11.4 Å². The zero-order valence-electron chi connectivity index (χ0n) is 11.4. The summed E-state index contributed by atoms with van der Waals surface area (Å²) in [6.45, 7) is 4.11. The maximum atomic E-state index is 10.1. The average molecular weight is 281 g/mol. The largest absolute Gasteiger partial charge is 0.506 e. The van der Waals surface area contributed by atoms with Crippen LogP contribution in [-0.2, 0) is 11.2 Å². The molecule has 2 heterocycles. The summed E-state index contributed by atoms with van der Waals surface area (Å²) in [6, 6.07) is 13.8. The van der Waals surface area contributed by atoms with Gasteiger partial charge in [0.15, 0.2) is 0 Å². The van der Waals surface area contributed by atoms with Gasteiger partial charge in [0.05, 0.1) is 12.9 Å². The number of aromatic nitrogens is 3. The van der Waals surface area contributed by atoms with E-state index in [9.17, 15) is 5.11 Å². The molecule has 106 valence electrons. The monoisotopic (exact) mass is 281 g/mol. The molecule has 2 aromatic heterocycles. The summed E-state index contributed by atoms with van der Waals surface area (Å²) < 4.78 is 9.20. The van der Waals surface area contributed by atoms with Gasteiger partial charge in [0.25, 0.3) is 0 Å². The Morgan fingerprint density at radius 2 is 1.81 bits per heavy atom. The van der Waals surface area contributed by atoms with Gasteiger partial charge in [0, 0.05) is 6.42 Å². The van der Waals surface area contributed by atoms with E-state index in [0.717, 1.165) is 28.7 Å². The summed E-state index contributed by atoms with van der Waals surface area (Å²) in [5.41, 5.74) is 4.19. The minimum absolute atomic E-state index is 0.267. The molecule has 0 aliphatic carbocycles. The van der Waals surface area contributed by atoms with Crippen LogP contribution in [0.4, 0.5) is 0 Å². The number of benzene rings is 2. The smallest absolute Gasteiger partial charge is 0.143 e. The van der Waals surface area contributed by atoms with Crippen LogP contribution >= 0.6 is 0 Å². The summed E-state index contributed by atoms with van der Waals surface area (Å²) >= 11 is 0. The molecular formula is C16H15N3O2. The van der Waals surface area contributed by atoms with Crippen LogP contribution in [0.2, 0.25) is 0 Å². The quantitative estimate of drug-likeness (QED) is 0.451. The van der Waals surface area contributed by atoms with E-state index in [1.54, 1.807) is 6.07 Å². The maximum absolute atomic E-state index is 10.1. The van der Waals surface area contributed by atoms with Gasteiger partial charge >= 0.3 is 0 Å². The molecule has 0 saturated carbocycles. The molecule has 0 aliphatic rings. The standard InChI is InChI=1S/C16H15N3O2/c1-2-21-10-9-12-7-8-16(20)15(11-12)19-17-13-5-3-4-6-14(13)18(17)19/h2-8,11,20H,1,9-10H2. The second-order valence-corrected chi connectivity index (χ2v) is 4.97. The number of phenols is 1. The molecule has 1 N–H and O–H groups in total. The molecule has 5 nitrogen and oxygen atoms in total. The first-order valence-electron chi connectivity index (χ1n) is 6.85. The Labute approximate surface area is 121 Å². The fraction of sp³-hybridized carbons (Fsp3) is 0.125. The Hall–Kier alpha value is -2.82. The summed E-state index contributed by atoms with van der Waals surface area (Å²) in [5, 5.41) is 10.1. The van der Waals surface area contributed by atoms with E-state index in [0.29, 0.717) is 6.61 Å². The number of hydrogen-bond donors (Lipinski definition) is 1. The minimum atomic E-state index is 0.267. The number of aromatic hydroxyl groups is 1. The van der Waals surface area contributed by atoms with E-state index in [2.05, 4.69) is 18.7 Å².